The molecule has 0 unspecified atom stereocenters. The topological polar surface area (TPSA) is 83.8 Å². The maximum atomic E-state index is 12.0. The lowest BCUT2D eigenvalue weighted by atomic mass is 10.1. The van der Waals surface area contributed by atoms with Crippen molar-refractivity contribution in [1.29, 1.82) is 0 Å². The molecule has 2 aromatic rings. The molecule has 17 heavy (non-hydrogen) atoms. The van der Waals surface area contributed by atoms with Crippen molar-refractivity contribution in [2.75, 3.05) is 6.54 Å². The van der Waals surface area contributed by atoms with Crippen molar-refractivity contribution in [2.24, 2.45) is 5.73 Å². The summed E-state index contributed by atoms with van der Waals surface area (Å²) in [7, 11) is 0. The van der Waals surface area contributed by atoms with Crippen molar-refractivity contribution >= 4 is 16.8 Å². The molecule has 1 aromatic carbocycles. The van der Waals surface area contributed by atoms with Gasteiger partial charge in [0.15, 0.2) is 5.69 Å². The van der Waals surface area contributed by atoms with Gasteiger partial charge in [-0.05, 0) is 19.9 Å². The van der Waals surface area contributed by atoms with Gasteiger partial charge >= 0.3 is 0 Å². The molecule has 5 heteroatoms. The zero-order valence-electron chi connectivity index (χ0n) is 9.95. The van der Waals surface area contributed by atoms with Crippen LogP contribution in [0.2, 0.25) is 0 Å². The lowest BCUT2D eigenvalue weighted by molar-refractivity contribution is 0.0912. The first-order chi connectivity index (χ1) is 8.03. The van der Waals surface area contributed by atoms with Crippen molar-refractivity contribution in [2.45, 2.75) is 19.4 Å². The molecular weight excluding hydrogens is 216 g/mol. The Morgan fingerprint density at radius 2 is 2.18 bits per heavy atom. The number of aromatic amines is 1. The molecule has 0 aliphatic carbocycles. The van der Waals surface area contributed by atoms with Crippen molar-refractivity contribution in [3.8, 4) is 0 Å². The summed E-state index contributed by atoms with van der Waals surface area (Å²) in [5, 5.41) is 10.5. The highest BCUT2D eigenvalue weighted by Crippen LogP contribution is 2.15. The van der Waals surface area contributed by atoms with Crippen molar-refractivity contribution < 1.29 is 4.79 Å². The fourth-order valence-corrected chi connectivity index (χ4v) is 1.55. The van der Waals surface area contributed by atoms with E-state index < -0.39 is 5.54 Å². The lowest BCUT2D eigenvalue weighted by Crippen LogP contribution is -2.49. The summed E-state index contributed by atoms with van der Waals surface area (Å²) in [6.07, 6.45) is 0. The Bertz CT molecular complexity index is 544. The van der Waals surface area contributed by atoms with E-state index in [-0.39, 0.29) is 5.91 Å². The Balaban J connectivity index is 2.31. The fraction of sp³-hybridized carbons (Fsp3) is 0.333. The predicted octanol–water partition coefficient (Wildman–Crippen LogP) is 1.03. The van der Waals surface area contributed by atoms with Crippen molar-refractivity contribution in [1.82, 2.24) is 15.5 Å². The first-order valence-electron chi connectivity index (χ1n) is 5.49. The molecule has 1 heterocycles. The maximum Gasteiger partial charge on any atom is 0.272 e. The molecule has 0 aliphatic rings. The predicted molar refractivity (Wildman–Crippen MR) is 66.7 cm³/mol. The number of H-pyrrole nitrogens is 1. The first kappa shape index (κ1) is 11.6. The summed E-state index contributed by atoms with van der Waals surface area (Å²) in [5.74, 6) is -0.210. The molecule has 5 nitrogen and oxygen atoms in total. The van der Waals surface area contributed by atoms with Gasteiger partial charge in [0.2, 0.25) is 0 Å². The number of nitrogens with one attached hydrogen (secondary N) is 2. The average molecular weight is 232 g/mol. The number of hydrogen-bond acceptors (Lipinski definition) is 3. The second-order valence-corrected chi connectivity index (χ2v) is 4.66. The van der Waals surface area contributed by atoms with Crippen LogP contribution in [0.4, 0.5) is 0 Å². The van der Waals surface area contributed by atoms with Gasteiger partial charge in [0.25, 0.3) is 5.91 Å². The lowest BCUT2D eigenvalue weighted by Gasteiger charge is -2.23. The van der Waals surface area contributed by atoms with E-state index in [1.165, 1.54) is 0 Å². The summed E-state index contributed by atoms with van der Waals surface area (Å²) in [6, 6.07) is 7.52. The number of aromatic nitrogens is 2. The molecule has 0 bridgehead atoms. The van der Waals surface area contributed by atoms with Crippen LogP contribution < -0.4 is 11.1 Å². The molecule has 0 saturated heterocycles. The highest BCUT2D eigenvalue weighted by molar-refractivity contribution is 6.04. The van der Waals surface area contributed by atoms with E-state index in [2.05, 4.69) is 15.5 Å². The van der Waals surface area contributed by atoms with Crippen LogP contribution >= 0.6 is 0 Å². The summed E-state index contributed by atoms with van der Waals surface area (Å²) >= 11 is 0. The third kappa shape index (κ3) is 2.29. The number of nitrogens with two attached hydrogens (primary N) is 1. The number of fused-ring (bicyclic) bond motifs is 1. The maximum absolute atomic E-state index is 12.0. The normalized spacial score (nSPS) is 11.7. The van der Waals surface area contributed by atoms with E-state index in [1.807, 2.05) is 38.1 Å². The van der Waals surface area contributed by atoms with Gasteiger partial charge in [-0.2, -0.15) is 5.10 Å². The van der Waals surface area contributed by atoms with Gasteiger partial charge in [0.1, 0.15) is 0 Å². The van der Waals surface area contributed by atoms with Crippen LogP contribution in [0.5, 0.6) is 0 Å². The highest BCUT2D eigenvalue weighted by atomic mass is 16.2. The smallest absolute Gasteiger partial charge is 0.272 e. The summed E-state index contributed by atoms with van der Waals surface area (Å²) < 4.78 is 0. The monoisotopic (exact) mass is 232 g/mol. The molecule has 1 amide bonds. The van der Waals surface area contributed by atoms with Gasteiger partial charge in [-0.1, -0.05) is 18.2 Å². The van der Waals surface area contributed by atoms with Crippen molar-refractivity contribution in [3.05, 3.63) is 30.0 Å². The van der Waals surface area contributed by atoms with Gasteiger partial charge in [-0.15, -0.1) is 0 Å². The molecule has 0 spiro atoms. The van der Waals surface area contributed by atoms with E-state index >= 15 is 0 Å². The zero-order valence-corrected chi connectivity index (χ0v) is 9.95. The van der Waals surface area contributed by atoms with Crippen LogP contribution in [-0.4, -0.2) is 28.2 Å². The van der Waals surface area contributed by atoms with Gasteiger partial charge in [-0.3, -0.25) is 9.89 Å². The number of para-hydroxylation sites is 1. The summed E-state index contributed by atoms with van der Waals surface area (Å²) in [5.41, 5.74) is 6.40. The summed E-state index contributed by atoms with van der Waals surface area (Å²) in [6.45, 7) is 4.13. The third-order valence-electron chi connectivity index (χ3n) is 2.65. The number of hydrogen-bond donors (Lipinski definition) is 3. The Morgan fingerprint density at radius 1 is 1.47 bits per heavy atom. The van der Waals surface area contributed by atoms with Crippen LogP contribution in [0.3, 0.4) is 0 Å². The molecule has 4 N–H and O–H groups in total. The van der Waals surface area contributed by atoms with Crippen molar-refractivity contribution in [3.63, 3.8) is 0 Å². The Hall–Kier alpha value is -1.88. The Labute approximate surface area is 99.4 Å². The van der Waals surface area contributed by atoms with E-state index in [0.717, 1.165) is 10.9 Å². The average Bonchev–Trinajstić information content (AvgIpc) is 2.72. The summed E-state index contributed by atoms with van der Waals surface area (Å²) in [4.78, 5) is 12.0. The standard InChI is InChI=1S/C12H16N4O/c1-12(2,7-13)14-11(17)10-8-5-3-4-6-9(8)15-16-10/h3-6H,7,13H2,1-2H3,(H,14,17)(H,15,16). The quantitative estimate of drug-likeness (QED) is 0.739. The SMILES string of the molecule is CC(C)(CN)NC(=O)c1n[nH]c2ccccc12. The molecule has 0 atom stereocenters. The Morgan fingerprint density at radius 3 is 2.88 bits per heavy atom. The molecule has 0 radical (unpaired) electrons. The second kappa shape index (κ2) is 4.18. The number of carbonyl (C=O) groups excluding carboxylic acids is 1. The van der Waals surface area contributed by atoms with Gasteiger partial charge in [0.05, 0.1) is 5.52 Å². The molecule has 0 fully saturated rings. The molecule has 0 aliphatic heterocycles. The zero-order chi connectivity index (χ0) is 12.5. The van der Waals surface area contributed by atoms with E-state index in [0.29, 0.717) is 12.2 Å². The minimum Gasteiger partial charge on any atom is -0.344 e. The van der Waals surface area contributed by atoms with Crippen LogP contribution in [0.25, 0.3) is 10.9 Å². The van der Waals surface area contributed by atoms with E-state index in [4.69, 9.17) is 5.73 Å². The fourth-order valence-electron chi connectivity index (χ4n) is 1.55. The number of rotatable bonds is 3. The van der Waals surface area contributed by atoms with Crippen LogP contribution in [0, 0.1) is 0 Å². The van der Waals surface area contributed by atoms with Gasteiger partial charge in [0, 0.05) is 17.5 Å². The molecule has 0 saturated carbocycles. The number of carbonyl (C=O) groups is 1. The van der Waals surface area contributed by atoms with Crippen LogP contribution in [-0.2, 0) is 0 Å². The van der Waals surface area contributed by atoms with Crippen LogP contribution in [0.1, 0.15) is 24.3 Å². The largest absolute Gasteiger partial charge is 0.344 e. The number of benzene rings is 1. The second-order valence-electron chi connectivity index (χ2n) is 4.66. The Kier molecular flexibility index (Phi) is 2.85. The molecule has 2 rings (SSSR count). The minimum atomic E-state index is -0.433. The molecule has 90 valence electrons. The minimum absolute atomic E-state index is 0.210. The van der Waals surface area contributed by atoms with Crippen LogP contribution in [0.15, 0.2) is 24.3 Å². The van der Waals surface area contributed by atoms with E-state index in [1.54, 1.807) is 0 Å². The molecule has 1 aromatic heterocycles. The third-order valence-corrected chi connectivity index (χ3v) is 2.65. The van der Waals surface area contributed by atoms with E-state index in [9.17, 15) is 4.79 Å². The number of amides is 1. The number of nitrogens with zero attached hydrogens (tertiary/aromatic N) is 1. The van der Waals surface area contributed by atoms with Gasteiger partial charge < -0.3 is 11.1 Å². The molecular formula is C12H16N4O. The van der Waals surface area contributed by atoms with Gasteiger partial charge in [-0.25, -0.2) is 0 Å². The first-order valence-corrected chi connectivity index (χ1v) is 5.49. The highest BCUT2D eigenvalue weighted by Gasteiger charge is 2.22.